The van der Waals surface area contributed by atoms with Crippen LogP contribution >= 0.6 is 0 Å². The fourth-order valence-electron chi connectivity index (χ4n) is 2.90. The number of ether oxygens (including phenoxy) is 1. The van der Waals surface area contributed by atoms with Crippen LogP contribution in [-0.4, -0.2) is 43.6 Å². The van der Waals surface area contributed by atoms with Crippen molar-refractivity contribution in [3.05, 3.63) is 29.8 Å². The van der Waals surface area contributed by atoms with E-state index in [0.717, 1.165) is 44.8 Å². The zero-order chi connectivity index (χ0) is 16.5. The van der Waals surface area contributed by atoms with Gasteiger partial charge in [-0.05, 0) is 38.5 Å². The van der Waals surface area contributed by atoms with E-state index in [9.17, 15) is 0 Å². The van der Waals surface area contributed by atoms with Crippen LogP contribution < -0.4 is 15.8 Å². The molecule has 0 aromatic heterocycles. The molecule has 0 saturated carbocycles. The van der Waals surface area contributed by atoms with E-state index in [-0.39, 0.29) is 6.04 Å². The Bertz CT molecular complexity index is 500. The number of rotatable bonds is 8. The molecule has 0 bridgehead atoms. The molecular formula is C18H30N4O. The Balaban J connectivity index is 1.75. The largest absolute Gasteiger partial charge is 0.493 e. The summed E-state index contributed by atoms with van der Waals surface area (Å²) in [6.07, 6.45) is 3.15. The zero-order valence-corrected chi connectivity index (χ0v) is 14.4. The first kappa shape index (κ1) is 17.6. The number of fused-ring (bicyclic) bond motifs is 1. The highest BCUT2D eigenvalue weighted by Crippen LogP contribution is 2.31. The lowest BCUT2D eigenvalue weighted by molar-refractivity contribution is 0.262. The van der Waals surface area contributed by atoms with E-state index in [2.05, 4.69) is 35.1 Å². The minimum Gasteiger partial charge on any atom is -0.493 e. The van der Waals surface area contributed by atoms with Gasteiger partial charge < -0.3 is 20.7 Å². The first-order chi connectivity index (χ1) is 11.2. The highest BCUT2D eigenvalue weighted by Gasteiger charge is 2.21. The Labute approximate surface area is 139 Å². The van der Waals surface area contributed by atoms with Gasteiger partial charge in [-0.3, -0.25) is 4.99 Å². The van der Waals surface area contributed by atoms with Gasteiger partial charge in [0.05, 0.1) is 12.6 Å². The van der Waals surface area contributed by atoms with E-state index in [4.69, 9.17) is 10.5 Å². The number of nitrogens with zero attached hydrogens (tertiary/aromatic N) is 2. The number of unbranched alkanes of at least 4 members (excludes halogenated alkanes) is 1. The first-order valence-electron chi connectivity index (χ1n) is 8.75. The van der Waals surface area contributed by atoms with Gasteiger partial charge in [0.1, 0.15) is 5.75 Å². The number of benzene rings is 1. The minimum absolute atomic E-state index is 0.194. The molecule has 0 spiro atoms. The molecule has 0 saturated heterocycles. The molecule has 0 amide bonds. The molecule has 1 atom stereocenters. The lowest BCUT2D eigenvalue weighted by Crippen LogP contribution is -2.37. The molecule has 1 heterocycles. The molecule has 0 fully saturated rings. The smallest absolute Gasteiger partial charge is 0.189 e. The second-order valence-electron chi connectivity index (χ2n) is 5.87. The molecule has 1 aliphatic rings. The predicted molar refractivity (Wildman–Crippen MR) is 95.9 cm³/mol. The Morgan fingerprint density at radius 1 is 1.30 bits per heavy atom. The van der Waals surface area contributed by atoms with Crippen molar-refractivity contribution in [2.24, 2.45) is 10.7 Å². The quantitative estimate of drug-likeness (QED) is 0.439. The molecule has 5 nitrogen and oxygen atoms in total. The summed E-state index contributed by atoms with van der Waals surface area (Å²) < 4.78 is 5.67. The van der Waals surface area contributed by atoms with Gasteiger partial charge in [-0.2, -0.15) is 0 Å². The second-order valence-corrected chi connectivity index (χ2v) is 5.87. The molecule has 1 unspecified atom stereocenters. The van der Waals surface area contributed by atoms with Crippen LogP contribution in [-0.2, 0) is 0 Å². The number of hydrogen-bond donors (Lipinski definition) is 2. The van der Waals surface area contributed by atoms with Gasteiger partial charge in [0.25, 0.3) is 0 Å². The summed E-state index contributed by atoms with van der Waals surface area (Å²) in [6.45, 7) is 9.28. The summed E-state index contributed by atoms with van der Waals surface area (Å²) in [7, 11) is 0. The lowest BCUT2D eigenvalue weighted by Gasteiger charge is -2.26. The Morgan fingerprint density at radius 2 is 2.09 bits per heavy atom. The van der Waals surface area contributed by atoms with E-state index in [1.54, 1.807) is 0 Å². The van der Waals surface area contributed by atoms with Gasteiger partial charge in [0, 0.05) is 18.5 Å². The van der Waals surface area contributed by atoms with Crippen LogP contribution in [0.2, 0.25) is 0 Å². The van der Waals surface area contributed by atoms with Gasteiger partial charge >= 0.3 is 0 Å². The third-order valence-corrected chi connectivity index (χ3v) is 4.34. The number of aliphatic imine (C=N–C) groups is 1. The van der Waals surface area contributed by atoms with Crippen LogP contribution in [0.15, 0.2) is 29.3 Å². The molecular weight excluding hydrogens is 288 g/mol. The van der Waals surface area contributed by atoms with E-state index in [0.29, 0.717) is 12.6 Å². The van der Waals surface area contributed by atoms with Crippen LogP contribution in [0, 0.1) is 0 Å². The summed E-state index contributed by atoms with van der Waals surface area (Å²) in [5.41, 5.74) is 7.21. The van der Waals surface area contributed by atoms with Crippen molar-refractivity contribution in [1.29, 1.82) is 0 Å². The third-order valence-electron chi connectivity index (χ3n) is 4.34. The normalized spacial score (nSPS) is 17.7. The van der Waals surface area contributed by atoms with Crippen molar-refractivity contribution in [3.63, 3.8) is 0 Å². The summed E-state index contributed by atoms with van der Waals surface area (Å²) in [5.74, 6) is 1.48. The second kappa shape index (κ2) is 9.40. The summed E-state index contributed by atoms with van der Waals surface area (Å²) in [4.78, 5) is 6.90. The van der Waals surface area contributed by atoms with E-state index in [1.807, 2.05) is 18.2 Å². The van der Waals surface area contributed by atoms with Crippen molar-refractivity contribution >= 4 is 5.96 Å². The maximum Gasteiger partial charge on any atom is 0.189 e. The van der Waals surface area contributed by atoms with Gasteiger partial charge in [-0.1, -0.05) is 32.0 Å². The van der Waals surface area contributed by atoms with Crippen LogP contribution in [0.4, 0.5) is 0 Å². The van der Waals surface area contributed by atoms with Crippen LogP contribution in [0.25, 0.3) is 0 Å². The SMILES string of the molecule is CCN(CC)CCCCN=C(N)NC1CCOc2ccccc21. The molecule has 0 radical (unpaired) electrons. The molecule has 128 valence electrons. The van der Waals surface area contributed by atoms with Gasteiger partial charge in [-0.25, -0.2) is 0 Å². The van der Waals surface area contributed by atoms with Crippen LogP contribution in [0.3, 0.4) is 0 Å². The molecule has 5 heteroatoms. The average Bonchev–Trinajstić information content (AvgIpc) is 2.58. The standard InChI is InChI=1S/C18H30N4O/c1-3-22(4-2)13-8-7-12-20-18(19)21-16-11-14-23-17-10-6-5-9-15(16)17/h5-6,9-10,16H,3-4,7-8,11-14H2,1-2H3,(H3,19,20,21). The van der Waals surface area contributed by atoms with Crippen molar-refractivity contribution in [3.8, 4) is 5.75 Å². The van der Waals surface area contributed by atoms with E-state index in [1.165, 1.54) is 12.0 Å². The fourth-order valence-corrected chi connectivity index (χ4v) is 2.90. The average molecular weight is 318 g/mol. The number of guanidine groups is 1. The molecule has 2 rings (SSSR count). The lowest BCUT2D eigenvalue weighted by atomic mass is 10.0. The summed E-state index contributed by atoms with van der Waals surface area (Å²) in [5, 5.41) is 3.33. The number of hydrogen-bond acceptors (Lipinski definition) is 3. The van der Waals surface area contributed by atoms with Crippen LogP contribution in [0.5, 0.6) is 5.75 Å². The molecule has 1 aromatic rings. The van der Waals surface area contributed by atoms with Crippen LogP contribution in [0.1, 0.15) is 44.7 Å². The fraction of sp³-hybridized carbons (Fsp3) is 0.611. The maximum atomic E-state index is 6.04. The topological polar surface area (TPSA) is 62.9 Å². The van der Waals surface area contributed by atoms with Crippen molar-refractivity contribution in [2.45, 2.75) is 39.2 Å². The van der Waals surface area contributed by atoms with E-state index < -0.39 is 0 Å². The molecule has 0 aliphatic carbocycles. The first-order valence-corrected chi connectivity index (χ1v) is 8.75. The number of nitrogens with two attached hydrogens (primary N) is 1. The van der Waals surface area contributed by atoms with E-state index >= 15 is 0 Å². The van der Waals surface area contributed by atoms with Gasteiger partial charge in [0.15, 0.2) is 5.96 Å². The van der Waals surface area contributed by atoms with Crippen molar-refractivity contribution in [1.82, 2.24) is 10.2 Å². The Morgan fingerprint density at radius 3 is 2.87 bits per heavy atom. The maximum absolute atomic E-state index is 6.04. The molecule has 23 heavy (non-hydrogen) atoms. The summed E-state index contributed by atoms with van der Waals surface area (Å²) in [6, 6.07) is 8.31. The predicted octanol–water partition coefficient (Wildman–Crippen LogP) is 2.54. The molecule has 1 aromatic carbocycles. The highest BCUT2D eigenvalue weighted by atomic mass is 16.5. The monoisotopic (exact) mass is 318 g/mol. The molecule has 3 N–H and O–H groups in total. The highest BCUT2D eigenvalue weighted by molar-refractivity contribution is 5.78. The van der Waals surface area contributed by atoms with Gasteiger partial charge in [0.2, 0.25) is 0 Å². The Kier molecular flexibility index (Phi) is 7.20. The zero-order valence-electron chi connectivity index (χ0n) is 14.4. The minimum atomic E-state index is 0.194. The third kappa shape index (κ3) is 5.43. The van der Waals surface area contributed by atoms with Crippen molar-refractivity contribution in [2.75, 3.05) is 32.8 Å². The van der Waals surface area contributed by atoms with Crippen molar-refractivity contribution < 1.29 is 4.74 Å². The summed E-state index contributed by atoms with van der Waals surface area (Å²) >= 11 is 0. The Hall–Kier alpha value is -1.75. The molecule has 1 aliphatic heterocycles. The number of para-hydroxylation sites is 1. The number of nitrogens with one attached hydrogen (secondary N) is 1. The van der Waals surface area contributed by atoms with Gasteiger partial charge in [-0.15, -0.1) is 0 Å².